The molecule has 2 aliphatic heterocycles. The fourth-order valence-corrected chi connectivity index (χ4v) is 6.29. The topological polar surface area (TPSA) is 118 Å². The van der Waals surface area contributed by atoms with Crippen LogP contribution >= 0.6 is 0 Å². The molecule has 0 spiro atoms. The Kier molecular flexibility index (Phi) is 4.85. The Morgan fingerprint density at radius 3 is 2.34 bits per heavy atom. The zero-order chi connectivity index (χ0) is 24.3. The van der Waals surface area contributed by atoms with Gasteiger partial charge in [-0.2, -0.15) is 5.26 Å². The van der Waals surface area contributed by atoms with Gasteiger partial charge >= 0.3 is 5.97 Å². The fraction of sp³-hybridized carbons (Fsp3) is 0.346. The highest BCUT2D eigenvalue weighted by atomic mass is 16.6. The highest BCUT2D eigenvalue weighted by Gasteiger charge is 2.70. The summed E-state index contributed by atoms with van der Waals surface area (Å²) < 4.78 is 10.4. The lowest BCUT2D eigenvalue weighted by molar-refractivity contribution is -0.132. The number of hydrogen-bond acceptors (Lipinski definition) is 8. The molecule has 9 heteroatoms. The molecule has 2 heterocycles. The molecule has 2 aromatic rings. The predicted octanol–water partition coefficient (Wildman–Crippen LogP) is 2.69. The maximum Gasteiger partial charge on any atom is 0.308 e. The molecular formula is C26H21N3O6. The first kappa shape index (κ1) is 21.4. The number of nitrogens with zero attached hydrogens (tertiary/aromatic N) is 3. The molecule has 2 aliphatic carbocycles. The molecule has 4 aliphatic rings. The zero-order valence-electron chi connectivity index (χ0n) is 18.8. The van der Waals surface area contributed by atoms with Gasteiger partial charge in [-0.1, -0.05) is 5.16 Å². The number of fused-ring (bicyclic) bond motifs is 8. The quantitative estimate of drug-likeness (QED) is 0.374. The van der Waals surface area contributed by atoms with Gasteiger partial charge in [0.25, 0.3) is 0 Å². The van der Waals surface area contributed by atoms with E-state index in [1.54, 1.807) is 36.4 Å². The summed E-state index contributed by atoms with van der Waals surface area (Å²) in [6.07, 6.45) is 0.526. The van der Waals surface area contributed by atoms with Crippen molar-refractivity contribution in [1.82, 2.24) is 0 Å². The van der Waals surface area contributed by atoms with Crippen LogP contribution in [0.2, 0.25) is 0 Å². The van der Waals surface area contributed by atoms with Gasteiger partial charge in [0.2, 0.25) is 11.8 Å². The lowest BCUT2D eigenvalue weighted by Gasteiger charge is -2.29. The van der Waals surface area contributed by atoms with E-state index in [9.17, 15) is 14.4 Å². The Morgan fingerprint density at radius 1 is 1.03 bits per heavy atom. The Morgan fingerprint density at radius 2 is 1.69 bits per heavy atom. The molecule has 3 fully saturated rings. The van der Waals surface area contributed by atoms with Crippen molar-refractivity contribution in [2.75, 3.05) is 11.5 Å². The van der Waals surface area contributed by atoms with Crippen LogP contribution in [0.15, 0.2) is 53.7 Å². The van der Waals surface area contributed by atoms with Gasteiger partial charge in [0.15, 0.2) is 6.61 Å². The third-order valence-electron chi connectivity index (χ3n) is 7.50. The lowest BCUT2D eigenvalue weighted by atomic mass is 9.71. The van der Waals surface area contributed by atoms with Crippen molar-refractivity contribution in [2.24, 2.45) is 34.7 Å². The van der Waals surface area contributed by atoms with E-state index in [4.69, 9.17) is 19.6 Å². The van der Waals surface area contributed by atoms with Crippen LogP contribution in [-0.2, 0) is 19.2 Å². The number of anilines is 1. The molecule has 2 aromatic carbocycles. The van der Waals surface area contributed by atoms with Gasteiger partial charge in [-0.05, 0) is 60.9 Å². The second-order valence-corrected chi connectivity index (χ2v) is 9.26. The second kappa shape index (κ2) is 7.94. The van der Waals surface area contributed by atoms with Crippen LogP contribution in [0, 0.1) is 40.9 Å². The SMILES string of the molecule is CC(=O)Oc1ccc(N2C(=O)[C@@H]3[C@H]4C[C@@H]([C@@H]5ON=C(c6ccc(OCC#N)cc6)[C@@H]45)[C@H]3C2=O)cc1. The van der Waals surface area contributed by atoms with Gasteiger partial charge < -0.3 is 14.3 Å². The molecule has 35 heavy (non-hydrogen) atoms. The van der Waals surface area contributed by atoms with Gasteiger partial charge in [-0.25, -0.2) is 0 Å². The summed E-state index contributed by atoms with van der Waals surface area (Å²) in [6, 6.07) is 15.6. The number of nitriles is 1. The first-order chi connectivity index (χ1) is 17.0. The van der Waals surface area contributed by atoms with E-state index in [1.165, 1.54) is 11.8 Å². The van der Waals surface area contributed by atoms with Crippen LogP contribution < -0.4 is 14.4 Å². The highest BCUT2D eigenvalue weighted by molar-refractivity contribution is 6.23. The third kappa shape index (κ3) is 3.21. The van der Waals surface area contributed by atoms with Crippen molar-refractivity contribution in [3.8, 4) is 17.6 Å². The second-order valence-electron chi connectivity index (χ2n) is 9.26. The third-order valence-corrected chi connectivity index (χ3v) is 7.50. The van der Waals surface area contributed by atoms with E-state index in [2.05, 4.69) is 5.16 Å². The number of benzene rings is 2. The van der Waals surface area contributed by atoms with Crippen molar-refractivity contribution in [1.29, 1.82) is 5.26 Å². The number of amides is 2. The van der Waals surface area contributed by atoms with Crippen molar-refractivity contribution in [2.45, 2.75) is 19.4 Å². The number of carbonyl (C=O) groups excluding carboxylic acids is 3. The Balaban J connectivity index is 1.24. The first-order valence-electron chi connectivity index (χ1n) is 11.5. The molecule has 0 aromatic heterocycles. The number of carbonyl (C=O) groups is 3. The van der Waals surface area contributed by atoms with Crippen molar-refractivity contribution in [3.05, 3.63) is 54.1 Å². The van der Waals surface area contributed by atoms with E-state index in [-0.39, 0.29) is 42.3 Å². The highest BCUT2D eigenvalue weighted by Crippen LogP contribution is 2.62. The van der Waals surface area contributed by atoms with Crippen molar-refractivity contribution in [3.63, 3.8) is 0 Å². The molecule has 6 rings (SSSR count). The van der Waals surface area contributed by atoms with E-state index in [0.29, 0.717) is 17.2 Å². The molecular weight excluding hydrogens is 450 g/mol. The molecule has 0 N–H and O–H groups in total. The summed E-state index contributed by atoms with van der Waals surface area (Å²) in [5, 5.41) is 13.0. The Hall–Kier alpha value is -4.19. The Bertz CT molecular complexity index is 1300. The molecule has 6 atom stereocenters. The lowest BCUT2D eigenvalue weighted by Crippen LogP contribution is -2.41. The maximum atomic E-state index is 13.5. The predicted molar refractivity (Wildman–Crippen MR) is 121 cm³/mol. The molecule has 0 radical (unpaired) electrons. The number of oxime groups is 1. The number of imide groups is 1. The van der Waals surface area contributed by atoms with E-state index < -0.39 is 17.8 Å². The van der Waals surface area contributed by atoms with E-state index in [1.807, 2.05) is 18.2 Å². The summed E-state index contributed by atoms with van der Waals surface area (Å²) in [4.78, 5) is 45.2. The average Bonchev–Trinajstić information content (AvgIpc) is 3.59. The molecule has 2 bridgehead atoms. The zero-order valence-corrected chi connectivity index (χ0v) is 18.8. The van der Waals surface area contributed by atoms with Crippen LogP contribution in [0.3, 0.4) is 0 Å². The smallest absolute Gasteiger partial charge is 0.308 e. The number of esters is 1. The summed E-state index contributed by atoms with van der Waals surface area (Å²) >= 11 is 0. The van der Waals surface area contributed by atoms with Gasteiger partial charge in [-0.3, -0.25) is 19.3 Å². The average molecular weight is 471 g/mol. The van der Waals surface area contributed by atoms with E-state index >= 15 is 0 Å². The van der Waals surface area contributed by atoms with Crippen molar-refractivity contribution < 1.29 is 28.7 Å². The van der Waals surface area contributed by atoms with Gasteiger partial charge in [-0.15, -0.1) is 0 Å². The van der Waals surface area contributed by atoms with Crippen molar-refractivity contribution >= 4 is 29.2 Å². The molecule has 1 saturated heterocycles. The van der Waals surface area contributed by atoms with Crippen LogP contribution in [0.1, 0.15) is 18.9 Å². The van der Waals surface area contributed by atoms with Crippen LogP contribution in [0.4, 0.5) is 5.69 Å². The number of hydrogen-bond donors (Lipinski definition) is 0. The minimum atomic E-state index is -0.439. The van der Waals surface area contributed by atoms with Gasteiger partial charge in [0, 0.05) is 24.3 Å². The summed E-state index contributed by atoms with van der Waals surface area (Å²) in [5.41, 5.74) is 2.13. The number of ether oxygens (including phenoxy) is 2. The standard InChI is InChI=1S/C26H21N3O6/c1-13(30)34-17-8-4-15(5-9-17)29-25(31)20-18-12-19(21(20)26(29)32)24-22(18)23(28-35-24)14-2-6-16(7-3-14)33-11-10-27/h2-9,18-22,24H,11-12H2,1H3/t18-,19-,20-,21-,22-,24+/m1/s1. The molecule has 9 nitrogen and oxygen atoms in total. The number of rotatable bonds is 5. The molecule has 2 saturated carbocycles. The van der Waals surface area contributed by atoms with E-state index in [0.717, 1.165) is 17.7 Å². The normalized spacial score (nSPS) is 29.8. The largest absolute Gasteiger partial charge is 0.479 e. The van der Waals surface area contributed by atoms with Crippen LogP contribution in [-0.4, -0.2) is 36.2 Å². The van der Waals surface area contributed by atoms with Gasteiger partial charge in [0.05, 0.1) is 23.2 Å². The molecule has 0 unspecified atom stereocenters. The minimum absolute atomic E-state index is 0.0277. The molecule has 2 amide bonds. The summed E-state index contributed by atoms with van der Waals surface area (Å²) in [7, 11) is 0. The minimum Gasteiger partial charge on any atom is -0.479 e. The molecule has 176 valence electrons. The van der Waals surface area contributed by atoms with Crippen LogP contribution in [0.5, 0.6) is 11.5 Å². The maximum absolute atomic E-state index is 13.5. The Labute approximate surface area is 200 Å². The fourth-order valence-electron chi connectivity index (χ4n) is 6.29. The first-order valence-corrected chi connectivity index (χ1v) is 11.5. The van der Waals surface area contributed by atoms with Crippen LogP contribution in [0.25, 0.3) is 0 Å². The van der Waals surface area contributed by atoms with Gasteiger partial charge in [0.1, 0.15) is 23.7 Å². The monoisotopic (exact) mass is 471 g/mol. The summed E-state index contributed by atoms with van der Waals surface area (Å²) in [6.45, 7) is 1.28. The summed E-state index contributed by atoms with van der Waals surface area (Å²) in [5.74, 6) is -0.894.